The van der Waals surface area contributed by atoms with Gasteiger partial charge in [-0.1, -0.05) is 109 Å². The van der Waals surface area contributed by atoms with Crippen molar-refractivity contribution in [1.82, 2.24) is 0 Å². The van der Waals surface area contributed by atoms with Crippen LogP contribution in [0, 0.1) is 23.7 Å². The first kappa shape index (κ1) is 35.1. The highest BCUT2D eigenvalue weighted by atomic mass is 16.5. The number of allylic oxidation sites excluding steroid dienone is 4. The van der Waals surface area contributed by atoms with Crippen LogP contribution in [0.2, 0.25) is 0 Å². The van der Waals surface area contributed by atoms with E-state index < -0.39 is 40.9 Å². The van der Waals surface area contributed by atoms with E-state index in [2.05, 4.69) is 0 Å². The Morgan fingerprint density at radius 1 is 0.750 bits per heavy atom. The van der Waals surface area contributed by atoms with Crippen LogP contribution in [0.5, 0.6) is 11.5 Å². The van der Waals surface area contributed by atoms with Crippen LogP contribution in [-0.4, -0.2) is 41.4 Å². The lowest BCUT2D eigenvalue weighted by molar-refractivity contribution is -0.135. The van der Waals surface area contributed by atoms with E-state index >= 15 is 9.59 Å². The Labute approximate surface area is 323 Å². The Morgan fingerprint density at radius 3 is 2.05 bits per heavy atom. The second kappa shape index (κ2) is 13.6. The Balaban J connectivity index is 1.18. The number of nitrogens with zero attached hydrogens (tertiary/aromatic N) is 1. The number of ether oxygens (including phenoxy) is 1. The molecule has 8 heteroatoms. The minimum Gasteiger partial charge on any atom is -0.508 e. The first-order valence-electron chi connectivity index (χ1n) is 18.8. The van der Waals surface area contributed by atoms with Crippen LogP contribution in [-0.2, 0) is 24.6 Å². The molecule has 1 aliphatic heterocycles. The number of anilines is 1. The lowest BCUT2D eigenvalue weighted by atomic mass is 9.44. The van der Waals surface area contributed by atoms with E-state index in [1.54, 1.807) is 72.8 Å². The number of imide groups is 1. The van der Waals surface area contributed by atoms with Crippen LogP contribution in [0.1, 0.15) is 51.4 Å². The fourth-order valence-corrected chi connectivity index (χ4v) is 9.89. The van der Waals surface area contributed by atoms with E-state index in [0.717, 1.165) is 5.57 Å². The van der Waals surface area contributed by atoms with Crippen LogP contribution < -0.4 is 9.64 Å². The third kappa shape index (κ3) is 5.23. The van der Waals surface area contributed by atoms with Gasteiger partial charge in [-0.15, -0.1) is 0 Å². The summed E-state index contributed by atoms with van der Waals surface area (Å²) >= 11 is 0. The molecule has 1 saturated carbocycles. The number of phenolic OH excluding ortho intramolecular Hbond substituents is 1. The van der Waals surface area contributed by atoms with Gasteiger partial charge in [-0.2, -0.15) is 0 Å². The van der Waals surface area contributed by atoms with Gasteiger partial charge in [-0.25, -0.2) is 0 Å². The highest BCUT2D eigenvalue weighted by Crippen LogP contribution is 2.64. The van der Waals surface area contributed by atoms with Crippen molar-refractivity contribution >= 4 is 40.4 Å². The molecule has 0 unspecified atom stereocenters. The standard InChI is InChI=1S/C48H37NO7/c1-56-33-21-22-35(40(50)25-33)43-34-23-24-36-42(47(55)49(46(36)54)32-19-17-30(18-20-32)44(52)29-13-7-3-8-14-29)38(34)26-39-45(53)37(28-11-5-2-6-12-28)27-41(51)48(39,43)31-15-9-4-10-16-31/h2-23,25,27,36,38-39,42-43,50H,24,26H2,1H3/t36-,38+,39-,42-,43+,48-/m0/s1. The Bertz CT molecular complexity index is 2490. The molecular weight excluding hydrogens is 703 g/mol. The average Bonchev–Trinajstić information content (AvgIpc) is 3.50. The van der Waals surface area contributed by atoms with Crippen LogP contribution in [0.4, 0.5) is 5.69 Å². The van der Waals surface area contributed by atoms with E-state index in [4.69, 9.17) is 4.74 Å². The number of rotatable bonds is 7. The first-order valence-corrected chi connectivity index (χ1v) is 18.8. The van der Waals surface area contributed by atoms with Gasteiger partial charge in [0.2, 0.25) is 11.8 Å². The quantitative estimate of drug-likeness (QED) is 0.104. The van der Waals surface area contributed by atoms with Crippen molar-refractivity contribution in [1.29, 1.82) is 0 Å². The molecule has 5 aromatic rings. The van der Waals surface area contributed by atoms with Crippen molar-refractivity contribution in [3.8, 4) is 11.5 Å². The average molecular weight is 740 g/mol. The van der Waals surface area contributed by atoms with Crippen molar-refractivity contribution in [3.63, 3.8) is 0 Å². The largest absolute Gasteiger partial charge is 0.508 e. The zero-order valence-electron chi connectivity index (χ0n) is 30.5. The van der Waals surface area contributed by atoms with Gasteiger partial charge in [0.1, 0.15) is 11.5 Å². The molecular formula is C48H37NO7. The normalized spacial score (nSPS) is 25.4. The maximum Gasteiger partial charge on any atom is 0.238 e. The number of methoxy groups -OCH3 is 1. The number of ketones is 3. The number of aromatic hydroxyl groups is 1. The number of fused-ring (bicyclic) bond motifs is 4. The van der Waals surface area contributed by atoms with E-state index in [1.165, 1.54) is 24.2 Å². The smallest absolute Gasteiger partial charge is 0.238 e. The number of benzene rings is 5. The highest BCUT2D eigenvalue weighted by molar-refractivity contribution is 6.32. The van der Waals surface area contributed by atoms with Crippen molar-refractivity contribution in [2.75, 3.05) is 12.0 Å². The number of carbonyl (C=O) groups excluding carboxylic acids is 5. The highest BCUT2D eigenvalue weighted by Gasteiger charge is 2.66. The van der Waals surface area contributed by atoms with Gasteiger partial charge in [0.05, 0.1) is 30.0 Å². The van der Waals surface area contributed by atoms with E-state index in [9.17, 15) is 19.5 Å². The molecule has 4 aliphatic rings. The molecule has 1 saturated heterocycles. The van der Waals surface area contributed by atoms with Gasteiger partial charge in [-0.3, -0.25) is 28.9 Å². The second-order valence-electron chi connectivity index (χ2n) is 15.0. The predicted molar refractivity (Wildman–Crippen MR) is 210 cm³/mol. The van der Waals surface area contributed by atoms with Crippen LogP contribution >= 0.6 is 0 Å². The molecule has 8 nitrogen and oxygen atoms in total. The molecule has 0 bridgehead atoms. The fourth-order valence-electron chi connectivity index (χ4n) is 9.89. The minimum absolute atomic E-state index is 0.106. The van der Waals surface area contributed by atoms with Crippen LogP contribution in [0.25, 0.3) is 5.57 Å². The van der Waals surface area contributed by atoms with Crippen LogP contribution in [0.15, 0.2) is 151 Å². The van der Waals surface area contributed by atoms with E-state index in [0.29, 0.717) is 44.8 Å². The lowest BCUT2D eigenvalue weighted by Gasteiger charge is -2.55. The third-order valence-electron chi connectivity index (χ3n) is 12.3. The number of hydrogen-bond donors (Lipinski definition) is 1. The number of amides is 2. The molecule has 5 aromatic carbocycles. The molecule has 0 spiro atoms. The van der Waals surface area contributed by atoms with Gasteiger partial charge in [-0.05, 0) is 66.3 Å². The number of carbonyl (C=O) groups is 5. The summed E-state index contributed by atoms with van der Waals surface area (Å²) in [5, 5.41) is 11.7. The number of hydrogen-bond acceptors (Lipinski definition) is 7. The van der Waals surface area contributed by atoms with Crippen molar-refractivity contribution in [2.24, 2.45) is 23.7 Å². The topological polar surface area (TPSA) is 118 Å². The van der Waals surface area contributed by atoms with Gasteiger partial charge >= 0.3 is 0 Å². The van der Waals surface area contributed by atoms with Gasteiger partial charge in [0.15, 0.2) is 17.3 Å². The minimum atomic E-state index is -1.47. The zero-order valence-corrected chi connectivity index (χ0v) is 30.5. The van der Waals surface area contributed by atoms with Crippen LogP contribution in [0.3, 0.4) is 0 Å². The molecule has 2 amide bonds. The maximum atomic E-state index is 15.2. The SMILES string of the molecule is COc1ccc([C@H]2C3=CC[C@@H]4C(=O)N(c5ccc(C(=O)c6ccccc6)cc5)C(=O)[C@@H]4[C@@H]3C[C@H]3C(=O)C(c4ccccc4)=CC(=O)[C@@]23c2ccccc2)c(O)c1. The molecule has 1 N–H and O–H groups in total. The molecule has 9 rings (SSSR count). The van der Waals surface area contributed by atoms with Gasteiger partial charge in [0, 0.05) is 40.2 Å². The molecule has 56 heavy (non-hydrogen) atoms. The lowest BCUT2D eigenvalue weighted by Crippen LogP contribution is -2.58. The Morgan fingerprint density at radius 2 is 1.39 bits per heavy atom. The Hall–Kier alpha value is -6.67. The fraction of sp³-hybridized carbons (Fsp3) is 0.188. The summed E-state index contributed by atoms with van der Waals surface area (Å²) in [5.74, 6) is -5.02. The molecule has 2 fully saturated rings. The predicted octanol–water partition coefficient (Wildman–Crippen LogP) is 7.66. The summed E-state index contributed by atoms with van der Waals surface area (Å²) < 4.78 is 5.43. The molecule has 0 radical (unpaired) electrons. The maximum absolute atomic E-state index is 15.2. The number of Topliss-reactive ketones (excluding diaryl/α,β-unsaturated/α-hetero) is 1. The number of phenols is 1. The molecule has 1 heterocycles. The van der Waals surface area contributed by atoms with Gasteiger partial charge < -0.3 is 9.84 Å². The molecule has 3 aliphatic carbocycles. The summed E-state index contributed by atoms with van der Waals surface area (Å²) in [5.41, 5.74) is 2.57. The molecule has 276 valence electrons. The zero-order chi connectivity index (χ0) is 38.7. The summed E-state index contributed by atoms with van der Waals surface area (Å²) in [4.78, 5) is 73.7. The summed E-state index contributed by atoms with van der Waals surface area (Å²) in [6.45, 7) is 0. The second-order valence-corrected chi connectivity index (χ2v) is 15.0. The van der Waals surface area contributed by atoms with E-state index in [-0.39, 0.29) is 41.8 Å². The van der Waals surface area contributed by atoms with Crippen molar-refractivity contribution in [3.05, 3.63) is 179 Å². The van der Waals surface area contributed by atoms with Crippen molar-refractivity contribution < 1.29 is 33.8 Å². The summed E-state index contributed by atoms with van der Waals surface area (Å²) in [6, 6.07) is 38.7. The Kier molecular flexibility index (Phi) is 8.49. The molecule has 6 atom stereocenters. The summed E-state index contributed by atoms with van der Waals surface area (Å²) in [6.07, 6.45) is 3.80. The third-order valence-corrected chi connectivity index (χ3v) is 12.3. The first-order chi connectivity index (χ1) is 27.2. The van der Waals surface area contributed by atoms with E-state index in [1.807, 2.05) is 60.7 Å². The van der Waals surface area contributed by atoms with Gasteiger partial charge in [0.25, 0.3) is 0 Å². The van der Waals surface area contributed by atoms with Crippen molar-refractivity contribution in [2.45, 2.75) is 24.2 Å². The summed E-state index contributed by atoms with van der Waals surface area (Å²) in [7, 11) is 1.50. The monoisotopic (exact) mass is 739 g/mol. The molecule has 0 aromatic heterocycles.